The van der Waals surface area contributed by atoms with Gasteiger partial charge in [-0.3, -0.25) is 4.79 Å². The Kier molecular flexibility index (Phi) is 8.34. The lowest BCUT2D eigenvalue weighted by atomic mass is 9.71. The highest BCUT2D eigenvalue weighted by atomic mass is 35.5. The van der Waals surface area contributed by atoms with Crippen LogP contribution >= 0.6 is 11.6 Å². The molecule has 1 amide bonds. The molecule has 1 aromatic carbocycles. The summed E-state index contributed by atoms with van der Waals surface area (Å²) in [5.74, 6) is 0.145. The van der Waals surface area contributed by atoms with Gasteiger partial charge in [0.15, 0.2) is 0 Å². The lowest BCUT2D eigenvalue weighted by molar-refractivity contribution is -0.121. The second-order valence-corrected chi connectivity index (χ2v) is 8.05. The maximum atomic E-state index is 13.7. The quantitative estimate of drug-likeness (QED) is 0.683. The van der Waals surface area contributed by atoms with Gasteiger partial charge in [0.1, 0.15) is 5.82 Å². The number of rotatable bonds is 3. The minimum Gasteiger partial charge on any atom is -0.450 e. The predicted molar refractivity (Wildman–Crippen MR) is 99.1 cm³/mol. The molecule has 0 spiro atoms. The van der Waals surface area contributed by atoms with Crippen molar-refractivity contribution in [3.63, 3.8) is 0 Å². The van der Waals surface area contributed by atoms with Crippen molar-refractivity contribution in [1.82, 2.24) is 5.32 Å². The molecule has 3 N–H and O–H groups in total. The highest BCUT2D eigenvalue weighted by molar-refractivity contribution is 6.31. The minimum absolute atomic E-state index is 0.00467. The van der Waals surface area contributed by atoms with E-state index in [1.165, 1.54) is 6.07 Å². The molecule has 7 heteroatoms. The smallest absolute Gasteiger partial charge is 0.450 e. The van der Waals surface area contributed by atoms with Gasteiger partial charge in [-0.05, 0) is 49.1 Å². The van der Waals surface area contributed by atoms with Gasteiger partial charge in [0.2, 0.25) is 5.91 Å². The van der Waals surface area contributed by atoms with Crippen molar-refractivity contribution in [3.05, 3.63) is 34.6 Å². The molecule has 1 aliphatic rings. The van der Waals surface area contributed by atoms with Crippen LogP contribution in [0.1, 0.15) is 52.0 Å². The SMILES string of the molecule is CC(C)(C)C1CCC(NC(=O)Cc2c(F)cccc2Cl)CC1.O=C(O)O. The third kappa shape index (κ3) is 7.60. The van der Waals surface area contributed by atoms with Crippen molar-refractivity contribution in [2.24, 2.45) is 11.3 Å². The summed E-state index contributed by atoms with van der Waals surface area (Å²) in [7, 11) is 0. The third-order valence-corrected chi connectivity index (χ3v) is 5.07. The van der Waals surface area contributed by atoms with Crippen LogP contribution in [-0.4, -0.2) is 28.3 Å². The number of benzene rings is 1. The van der Waals surface area contributed by atoms with E-state index in [2.05, 4.69) is 26.1 Å². The number of halogens is 2. The minimum atomic E-state index is -1.83. The zero-order chi connectivity index (χ0) is 19.9. The summed E-state index contributed by atoms with van der Waals surface area (Å²) in [6, 6.07) is 4.70. The van der Waals surface area contributed by atoms with Crippen LogP contribution in [0.4, 0.5) is 9.18 Å². The Labute approximate surface area is 158 Å². The number of hydrogen-bond donors (Lipinski definition) is 3. The third-order valence-electron chi connectivity index (χ3n) is 4.72. The molecule has 1 aromatic rings. The van der Waals surface area contributed by atoms with Crippen LogP contribution in [0.25, 0.3) is 0 Å². The highest BCUT2D eigenvalue weighted by Gasteiger charge is 2.30. The van der Waals surface area contributed by atoms with Gasteiger partial charge in [-0.2, -0.15) is 0 Å². The normalized spacial score (nSPS) is 19.9. The van der Waals surface area contributed by atoms with E-state index in [1.807, 2.05) is 0 Å². The maximum Gasteiger partial charge on any atom is 0.503 e. The molecule has 1 saturated carbocycles. The largest absolute Gasteiger partial charge is 0.503 e. The molecule has 1 aliphatic carbocycles. The molecule has 26 heavy (non-hydrogen) atoms. The molecule has 5 nitrogen and oxygen atoms in total. The number of carbonyl (C=O) groups excluding carboxylic acids is 1. The zero-order valence-corrected chi connectivity index (χ0v) is 16.1. The Bertz CT molecular complexity index is 598. The fourth-order valence-corrected chi connectivity index (χ4v) is 3.47. The van der Waals surface area contributed by atoms with Gasteiger partial charge < -0.3 is 15.5 Å². The molecule has 0 saturated heterocycles. The van der Waals surface area contributed by atoms with Crippen LogP contribution in [0.15, 0.2) is 18.2 Å². The van der Waals surface area contributed by atoms with Gasteiger partial charge in [-0.1, -0.05) is 38.4 Å². The Balaban J connectivity index is 0.000000765. The molecule has 0 aliphatic heterocycles. The lowest BCUT2D eigenvalue weighted by Crippen LogP contribution is -2.40. The summed E-state index contributed by atoms with van der Waals surface area (Å²) >= 11 is 5.97. The number of hydrogen-bond acceptors (Lipinski definition) is 2. The Morgan fingerprint density at radius 1 is 1.19 bits per heavy atom. The first-order valence-corrected chi connectivity index (χ1v) is 9.02. The Hall–Kier alpha value is -1.82. The molecule has 146 valence electrons. The zero-order valence-electron chi connectivity index (χ0n) is 15.4. The Morgan fingerprint density at radius 2 is 1.73 bits per heavy atom. The van der Waals surface area contributed by atoms with Crippen molar-refractivity contribution in [1.29, 1.82) is 0 Å². The number of amides is 1. The van der Waals surface area contributed by atoms with Gasteiger partial charge in [0.25, 0.3) is 0 Å². The van der Waals surface area contributed by atoms with E-state index in [4.69, 9.17) is 26.6 Å². The van der Waals surface area contributed by atoms with Crippen LogP contribution in [-0.2, 0) is 11.2 Å². The summed E-state index contributed by atoms with van der Waals surface area (Å²) in [5, 5.41) is 17.3. The van der Waals surface area contributed by atoms with E-state index in [1.54, 1.807) is 12.1 Å². The molecule has 1 fully saturated rings. The number of nitrogens with one attached hydrogen (secondary N) is 1. The summed E-state index contributed by atoms with van der Waals surface area (Å²) in [6.45, 7) is 6.82. The number of carboxylic acid groups (broad SMARTS) is 2. The lowest BCUT2D eigenvalue weighted by Gasteiger charge is -2.37. The second kappa shape index (κ2) is 9.76. The summed E-state index contributed by atoms with van der Waals surface area (Å²) in [6.07, 6.45) is 2.44. The second-order valence-electron chi connectivity index (χ2n) is 7.64. The van der Waals surface area contributed by atoms with Gasteiger partial charge >= 0.3 is 6.16 Å². The molecule has 0 heterocycles. The fourth-order valence-electron chi connectivity index (χ4n) is 3.24. The summed E-state index contributed by atoms with van der Waals surface area (Å²) < 4.78 is 13.7. The van der Waals surface area contributed by atoms with Crippen molar-refractivity contribution in [3.8, 4) is 0 Å². The van der Waals surface area contributed by atoms with Gasteiger partial charge in [0, 0.05) is 16.6 Å². The summed E-state index contributed by atoms with van der Waals surface area (Å²) in [5.41, 5.74) is 0.611. The van der Waals surface area contributed by atoms with E-state index in [0.29, 0.717) is 16.4 Å². The molecule has 0 bridgehead atoms. The molecule has 0 aromatic heterocycles. The van der Waals surface area contributed by atoms with Crippen LogP contribution in [0, 0.1) is 17.2 Å². The fraction of sp³-hybridized carbons (Fsp3) is 0.579. The number of carbonyl (C=O) groups is 2. The molecule has 0 unspecified atom stereocenters. The van der Waals surface area contributed by atoms with E-state index in [9.17, 15) is 9.18 Å². The molecule has 0 atom stereocenters. The molecular weight excluding hydrogens is 361 g/mol. The molecular formula is C19H27ClFNO4. The van der Waals surface area contributed by atoms with Crippen LogP contribution < -0.4 is 5.32 Å². The van der Waals surface area contributed by atoms with E-state index >= 15 is 0 Å². The predicted octanol–water partition coefficient (Wildman–Crippen LogP) is 4.97. The average Bonchev–Trinajstić information content (AvgIpc) is 2.50. The van der Waals surface area contributed by atoms with E-state index in [0.717, 1.165) is 25.7 Å². The van der Waals surface area contributed by atoms with Gasteiger partial charge in [-0.15, -0.1) is 0 Å². The van der Waals surface area contributed by atoms with Gasteiger partial charge in [-0.25, -0.2) is 9.18 Å². The Morgan fingerprint density at radius 3 is 2.19 bits per heavy atom. The summed E-state index contributed by atoms with van der Waals surface area (Å²) in [4.78, 5) is 20.7. The first-order chi connectivity index (χ1) is 12.0. The van der Waals surface area contributed by atoms with Crippen molar-refractivity contribution in [2.45, 2.75) is 58.9 Å². The van der Waals surface area contributed by atoms with Crippen LogP contribution in [0.2, 0.25) is 5.02 Å². The average molecular weight is 388 g/mol. The van der Waals surface area contributed by atoms with Crippen LogP contribution in [0.5, 0.6) is 0 Å². The topological polar surface area (TPSA) is 86.6 Å². The van der Waals surface area contributed by atoms with Gasteiger partial charge in [0.05, 0.1) is 6.42 Å². The van der Waals surface area contributed by atoms with E-state index < -0.39 is 12.0 Å². The highest BCUT2D eigenvalue weighted by Crippen LogP contribution is 2.37. The monoisotopic (exact) mass is 387 g/mol. The van der Waals surface area contributed by atoms with Crippen molar-refractivity contribution in [2.75, 3.05) is 0 Å². The first-order valence-electron chi connectivity index (χ1n) is 8.64. The maximum absolute atomic E-state index is 13.7. The van der Waals surface area contributed by atoms with Crippen molar-refractivity contribution >= 4 is 23.7 Å². The van der Waals surface area contributed by atoms with E-state index in [-0.39, 0.29) is 23.9 Å². The van der Waals surface area contributed by atoms with Crippen LogP contribution in [0.3, 0.4) is 0 Å². The van der Waals surface area contributed by atoms with Crippen molar-refractivity contribution < 1.29 is 24.2 Å². The standard InChI is InChI=1S/C18H25ClFNO.CH2O3/c1-18(2,3)12-7-9-13(10-8-12)21-17(22)11-14-15(19)5-4-6-16(14)20;2-1(3)4/h4-6,12-13H,7-11H2,1-3H3,(H,21,22);(H2,2,3,4). The first kappa shape index (κ1) is 22.2. The molecule has 0 radical (unpaired) electrons. The molecule has 2 rings (SSSR count).